The van der Waals surface area contributed by atoms with Gasteiger partial charge in [0.2, 0.25) is 5.91 Å². The molecule has 0 unspecified atom stereocenters. The molecule has 2 aromatic carbocycles. The van der Waals surface area contributed by atoms with Gasteiger partial charge in [-0.25, -0.2) is 4.39 Å². The number of halogens is 2. The first-order valence-corrected chi connectivity index (χ1v) is 9.83. The summed E-state index contributed by atoms with van der Waals surface area (Å²) in [6.07, 6.45) is 0. The minimum Gasteiger partial charge on any atom is -0.352 e. The molecule has 2 aromatic rings. The molecule has 0 aliphatic rings. The van der Waals surface area contributed by atoms with Gasteiger partial charge in [-0.1, -0.05) is 43.6 Å². The lowest BCUT2D eigenvalue weighted by molar-refractivity contribution is -0.124. The average Bonchev–Trinajstić information content (AvgIpc) is 2.67. The van der Waals surface area contributed by atoms with E-state index in [-0.39, 0.29) is 17.9 Å². The number of likely N-dealkylation sites (N-methyl/N-ethyl adjacent to an activating group) is 1. The molecule has 156 valence electrons. The number of nitrogens with one attached hydrogen (secondary N) is 2. The number of benzene rings is 2. The standard InChI is InChI=1S/C22H27ClFN3O2/c1-14(2)20(26-21(28)15-9-11-16(24)12-10-15)22(29)25-13-19(27(3)4)17-7-5-6-8-18(17)23/h5-12,14,19-20H,13H2,1-4H3,(H,25,29)(H,26,28)/t19-,20-/m0/s1. The molecular formula is C22H27ClFN3O2. The van der Waals surface area contributed by atoms with Crippen molar-refractivity contribution >= 4 is 23.4 Å². The van der Waals surface area contributed by atoms with Crippen LogP contribution in [0.4, 0.5) is 4.39 Å². The smallest absolute Gasteiger partial charge is 0.251 e. The number of hydrogen-bond donors (Lipinski definition) is 2. The maximum Gasteiger partial charge on any atom is 0.251 e. The zero-order valence-corrected chi connectivity index (χ0v) is 17.8. The van der Waals surface area contributed by atoms with Gasteiger partial charge in [0.25, 0.3) is 5.91 Å². The molecule has 5 nitrogen and oxygen atoms in total. The SMILES string of the molecule is CC(C)[C@H](NC(=O)c1ccc(F)cc1)C(=O)NC[C@@H](c1ccccc1Cl)N(C)C. The van der Waals surface area contributed by atoms with Crippen LogP contribution in [0.5, 0.6) is 0 Å². The van der Waals surface area contributed by atoms with Crippen LogP contribution in [0.2, 0.25) is 5.02 Å². The molecule has 0 aliphatic carbocycles. The fraction of sp³-hybridized carbons (Fsp3) is 0.364. The number of hydrogen-bond acceptors (Lipinski definition) is 3. The Morgan fingerprint density at radius 3 is 2.24 bits per heavy atom. The lowest BCUT2D eigenvalue weighted by atomic mass is 10.0. The Morgan fingerprint density at radius 2 is 1.69 bits per heavy atom. The summed E-state index contributed by atoms with van der Waals surface area (Å²) >= 11 is 6.32. The van der Waals surface area contributed by atoms with E-state index in [4.69, 9.17) is 11.6 Å². The van der Waals surface area contributed by atoms with Crippen molar-refractivity contribution in [2.75, 3.05) is 20.6 Å². The predicted molar refractivity (Wildman–Crippen MR) is 113 cm³/mol. The number of nitrogens with zero attached hydrogens (tertiary/aromatic N) is 1. The Kier molecular flexibility index (Phi) is 8.17. The van der Waals surface area contributed by atoms with Crippen LogP contribution in [-0.4, -0.2) is 43.4 Å². The minimum absolute atomic E-state index is 0.117. The van der Waals surface area contributed by atoms with E-state index in [1.165, 1.54) is 24.3 Å². The van der Waals surface area contributed by atoms with Crippen LogP contribution in [0.1, 0.15) is 35.8 Å². The molecule has 0 fully saturated rings. The number of amides is 2. The van der Waals surface area contributed by atoms with Crippen molar-refractivity contribution in [3.8, 4) is 0 Å². The Hall–Kier alpha value is -2.44. The summed E-state index contributed by atoms with van der Waals surface area (Å²) in [5.41, 5.74) is 1.21. The van der Waals surface area contributed by atoms with Crippen molar-refractivity contribution in [3.63, 3.8) is 0 Å². The topological polar surface area (TPSA) is 61.4 Å². The number of rotatable bonds is 8. The average molecular weight is 420 g/mol. The second-order valence-electron chi connectivity index (χ2n) is 7.45. The first-order chi connectivity index (χ1) is 13.7. The van der Waals surface area contributed by atoms with Crippen molar-refractivity contribution in [2.24, 2.45) is 5.92 Å². The summed E-state index contributed by atoms with van der Waals surface area (Å²) in [5, 5.41) is 6.30. The molecule has 0 bridgehead atoms. The van der Waals surface area contributed by atoms with Gasteiger partial charge in [0, 0.05) is 17.1 Å². The van der Waals surface area contributed by atoms with Crippen LogP contribution in [0.15, 0.2) is 48.5 Å². The highest BCUT2D eigenvalue weighted by atomic mass is 35.5. The van der Waals surface area contributed by atoms with Gasteiger partial charge in [-0.05, 0) is 55.9 Å². The molecule has 0 aliphatic heterocycles. The zero-order valence-electron chi connectivity index (χ0n) is 17.1. The second kappa shape index (κ2) is 10.4. The van der Waals surface area contributed by atoms with Gasteiger partial charge in [0.1, 0.15) is 11.9 Å². The van der Waals surface area contributed by atoms with Crippen LogP contribution in [0, 0.1) is 11.7 Å². The highest BCUT2D eigenvalue weighted by Gasteiger charge is 2.26. The van der Waals surface area contributed by atoms with Crippen LogP contribution in [0.3, 0.4) is 0 Å². The molecule has 2 atom stereocenters. The fourth-order valence-electron chi connectivity index (χ4n) is 2.98. The molecule has 2 N–H and O–H groups in total. The molecule has 0 spiro atoms. The molecule has 2 amide bonds. The van der Waals surface area contributed by atoms with E-state index in [9.17, 15) is 14.0 Å². The highest BCUT2D eigenvalue weighted by molar-refractivity contribution is 6.31. The summed E-state index contributed by atoms with van der Waals surface area (Å²) in [5.74, 6) is -1.25. The Balaban J connectivity index is 2.07. The van der Waals surface area contributed by atoms with E-state index in [0.29, 0.717) is 17.1 Å². The molecule has 2 rings (SSSR count). The molecule has 0 saturated heterocycles. The maximum atomic E-state index is 13.1. The number of carbonyl (C=O) groups is 2. The van der Waals surface area contributed by atoms with Crippen molar-refractivity contribution in [1.82, 2.24) is 15.5 Å². The molecular weight excluding hydrogens is 393 g/mol. The summed E-state index contributed by atoms with van der Waals surface area (Å²) in [7, 11) is 3.83. The van der Waals surface area contributed by atoms with Gasteiger partial charge >= 0.3 is 0 Å². The lowest BCUT2D eigenvalue weighted by Gasteiger charge is -2.28. The van der Waals surface area contributed by atoms with Gasteiger partial charge in [-0.3, -0.25) is 9.59 Å². The predicted octanol–water partition coefficient (Wildman–Crippen LogP) is 3.65. The lowest BCUT2D eigenvalue weighted by Crippen LogP contribution is -2.51. The van der Waals surface area contributed by atoms with Gasteiger partial charge < -0.3 is 15.5 Å². The highest BCUT2D eigenvalue weighted by Crippen LogP contribution is 2.25. The molecule has 0 saturated carbocycles. The quantitative estimate of drug-likeness (QED) is 0.686. The fourth-order valence-corrected chi connectivity index (χ4v) is 3.25. The largest absolute Gasteiger partial charge is 0.352 e. The third-order valence-corrected chi connectivity index (χ3v) is 5.04. The van der Waals surface area contributed by atoms with E-state index in [1.807, 2.05) is 57.1 Å². The van der Waals surface area contributed by atoms with Gasteiger partial charge in [-0.2, -0.15) is 0 Å². The van der Waals surface area contributed by atoms with E-state index in [1.54, 1.807) is 0 Å². The van der Waals surface area contributed by atoms with Crippen molar-refractivity contribution in [2.45, 2.75) is 25.9 Å². The molecule has 0 radical (unpaired) electrons. The van der Waals surface area contributed by atoms with Gasteiger partial charge in [0.15, 0.2) is 0 Å². The number of carbonyl (C=O) groups excluding carboxylic acids is 2. The van der Waals surface area contributed by atoms with Gasteiger partial charge in [-0.15, -0.1) is 0 Å². The monoisotopic (exact) mass is 419 g/mol. The zero-order chi connectivity index (χ0) is 21.6. The van der Waals surface area contributed by atoms with Crippen LogP contribution < -0.4 is 10.6 Å². The first-order valence-electron chi connectivity index (χ1n) is 9.45. The molecule has 29 heavy (non-hydrogen) atoms. The Labute approximate surface area is 176 Å². The van der Waals surface area contributed by atoms with Crippen molar-refractivity contribution in [1.29, 1.82) is 0 Å². The third-order valence-electron chi connectivity index (χ3n) is 4.70. The Bertz CT molecular complexity index is 840. The van der Waals surface area contributed by atoms with Crippen LogP contribution in [0.25, 0.3) is 0 Å². The summed E-state index contributed by atoms with van der Waals surface area (Å²) in [6, 6.07) is 11.9. The van der Waals surface area contributed by atoms with Crippen molar-refractivity contribution in [3.05, 3.63) is 70.5 Å². The summed E-state index contributed by atoms with van der Waals surface area (Å²) < 4.78 is 13.1. The Morgan fingerprint density at radius 1 is 1.07 bits per heavy atom. The van der Waals surface area contributed by atoms with Crippen molar-refractivity contribution < 1.29 is 14.0 Å². The van der Waals surface area contributed by atoms with E-state index < -0.39 is 17.8 Å². The van der Waals surface area contributed by atoms with E-state index in [0.717, 1.165) is 5.56 Å². The van der Waals surface area contributed by atoms with Crippen LogP contribution in [-0.2, 0) is 4.79 Å². The normalized spacial score (nSPS) is 13.2. The summed E-state index contributed by atoms with van der Waals surface area (Å²) in [4.78, 5) is 27.2. The van der Waals surface area contributed by atoms with E-state index >= 15 is 0 Å². The first kappa shape index (κ1) is 22.8. The molecule has 0 aromatic heterocycles. The molecule has 0 heterocycles. The summed E-state index contributed by atoms with van der Waals surface area (Å²) in [6.45, 7) is 4.05. The van der Waals surface area contributed by atoms with E-state index in [2.05, 4.69) is 10.6 Å². The maximum absolute atomic E-state index is 13.1. The molecule has 7 heteroatoms. The third kappa shape index (κ3) is 6.27. The van der Waals surface area contributed by atoms with Gasteiger partial charge in [0.05, 0.1) is 6.04 Å². The minimum atomic E-state index is -0.721. The second-order valence-corrected chi connectivity index (χ2v) is 7.86. The van der Waals surface area contributed by atoms with Crippen LogP contribution >= 0.6 is 11.6 Å².